The summed E-state index contributed by atoms with van der Waals surface area (Å²) in [6, 6.07) is 7.05. The van der Waals surface area contributed by atoms with Gasteiger partial charge in [0.1, 0.15) is 17.7 Å². The Morgan fingerprint density at radius 1 is 1.38 bits per heavy atom. The zero-order valence-corrected chi connectivity index (χ0v) is 18.2. The van der Waals surface area contributed by atoms with Crippen LogP contribution in [0.2, 0.25) is 0 Å². The molecule has 0 radical (unpaired) electrons. The zero-order chi connectivity index (χ0) is 22.7. The summed E-state index contributed by atoms with van der Waals surface area (Å²) in [4.78, 5) is 25.0. The fourth-order valence-electron chi connectivity index (χ4n) is 4.11. The minimum absolute atomic E-state index is 0.0133. The summed E-state index contributed by atoms with van der Waals surface area (Å²) >= 11 is 0. The molecule has 10 nitrogen and oxygen atoms in total. The van der Waals surface area contributed by atoms with Gasteiger partial charge < -0.3 is 30.2 Å². The fraction of sp³-hybridized carbons (Fsp3) is 0.455. The fourth-order valence-corrected chi connectivity index (χ4v) is 4.11. The highest BCUT2D eigenvalue weighted by Gasteiger charge is 2.29. The lowest BCUT2D eigenvalue weighted by atomic mass is 10.1. The quantitative estimate of drug-likeness (QED) is 0.390. The number of carboxylic acid groups (broad SMARTS) is 1. The van der Waals surface area contributed by atoms with Crippen molar-refractivity contribution in [1.29, 1.82) is 0 Å². The van der Waals surface area contributed by atoms with Gasteiger partial charge in [-0.1, -0.05) is 6.07 Å². The molecule has 4 rings (SSSR count). The van der Waals surface area contributed by atoms with Gasteiger partial charge in [0.2, 0.25) is 0 Å². The van der Waals surface area contributed by atoms with Crippen molar-refractivity contribution in [3.05, 3.63) is 36.3 Å². The Hall–Kier alpha value is -3.08. The van der Waals surface area contributed by atoms with E-state index in [0.717, 1.165) is 22.6 Å². The van der Waals surface area contributed by atoms with Crippen LogP contribution >= 0.6 is 0 Å². The lowest BCUT2D eigenvalue weighted by Crippen LogP contribution is -2.30. The zero-order valence-electron chi connectivity index (χ0n) is 18.2. The molecule has 2 unspecified atom stereocenters. The van der Waals surface area contributed by atoms with Crippen LogP contribution in [-0.2, 0) is 16.1 Å². The molecular formula is C22H28N6O4. The first-order valence-electron chi connectivity index (χ1n) is 10.7. The van der Waals surface area contributed by atoms with Gasteiger partial charge in [0.15, 0.2) is 5.65 Å². The average Bonchev–Trinajstić information content (AvgIpc) is 3.38. The molecular weight excluding hydrogens is 412 g/mol. The van der Waals surface area contributed by atoms with Crippen molar-refractivity contribution in [3.8, 4) is 11.3 Å². The topological polar surface area (TPSA) is 134 Å². The summed E-state index contributed by atoms with van der Waals surface area (Å²) < 4.78 is 7.65. The van der Waals surface area contributed by atoms with Gasteiger partial charge in [-0.2, -0.15) is 0 Å². The molecule has 1 fully saturated rings. The monoisotopic (exact) mass is 440 g/mol. The van der Waals surface area contributed by atoms with Crippen LogP contribution in [0.15, 0.2) is 30.5 Å². The molecule has 0 aromatic carbocycles. The van der Waals surface area contributed by atoms with Crippen LogP contribution < -0.4 is 10.6 Å². The first-order chi connectivity index (χ1) is 15.5. The number of anilines is 1. The van der Waals surface area contributed by atoms with E-state index in [-0.39, 0.29) is 18.8 Å². The van der Waals surface area contributed by atoms with Crippen LogP contribution in [0.4, 0.5) is 5.82 Å². The molecule has 0 spiro atoms. The number of aliphatic carboxylic acids is 1. The summed E-state index contributed by atoms with van der Waals surface area (Å²) in [5, 5.41) is 25.2. The number of carbonyl (C=O) groups is 1. The van der Waals surface area contributed by atoms with Gasteiger partial charge in [-0.3, -0.25) is 4.79 Å². The van der Waals surface area contributed by atoms with E-state index in [1.54, 1.807) is 6.20 Å². The molecule has 1 aliphatic rings. The Labute approximate surface area is 185 Å². The molecule has 170 valence electrons. The Morgan fingerprint density at radius 2 is 2.22 bits per heavy atom. The lowest BCUT2D eigenvalue weighted by Gasteiger charge is -2.18. The second-order valence-electron chi connectivity index (χ2n) is 7.84. The first-order valence-corrected chi connectivity index (χ1v) is 10.7. The van der Waals surface area contributed by atoms with Crippen molar-refractivity contribution >= 4 is 23.0 Å². The number of imidazole rings is 1. The Morgan fingerprint density at radius 3 is 2.94 bits per heavy atom. The summed E-state index contributed by atoms with van der Waals surface area (Å²) in [5.41, 5.74) is 3.07. The largest absolute Gasteiger partial charge is 0.480 e. The van der Waals surface area contributed by atoms with Gasteiger partial charge in [-0.25, -0.2) is 15.0 Å². The number of ether oxygens (including phenoxy) is 1. The smallest absolute Gasteiger partial charge is 0.320 e. The highest BCUT2D eigenvalue weighted by molar-refractivity contribution is 5.89. The third-order valence-electron chi connectivity index (χ3n) is 5.63. The third kappa shape index (κ3) is 4.57. The molecule has 1 saturated heterocycles. The number of pyridine rings is 2. The van der Waals surface area contributed by atoms with E-state index in [4.69, 9.17) is 9.72 Å². The molecule has 3 aromatic rings. The Balaban J connectivity index is 1.65. The van der Waals surface area contributed by atoms with Crippen molar-refractivity contribution in [1.82, 2.24) is 24.8 Å². The van der Waals surface area contributed by atoms with E-state index in [2.05, 4.69) is 20.6 Å². The van der Waals surface area contributed by atoms with E-state index in [1.807, 2.05) is 42.7 Å². The van der Waals surface area contributed by atoms with Crippen LogP contribution in [0.1, 0.15) is 19.2 Å². The van der Waals surface area contributed by atoms with E-state index in [1.165, 1.54) is 0 Å². The Bertz CT molecular complexity index is 1100. The number of carboxylic acids is 1. The van der Waals surface area contributed by atoms with Crippen molar-refractivity contribution in [2.45, 2.75) is 45.0 Å². The number of hydrogen-bond acceptors (Lipinski definition) is 8. The maximum Gasteiger partial charge on any atom is 0.320 e. The molecule has 0 bridgehead atoms. The highest BCUT2D eigenvalue weighted by atomic mass is 16.5. The van der Waals surface area contributed by atoms with E-state index < -0.39 is 12.0 Å². The average molecular weight is 441 g/mol. The maximum atomic E-state index is 11.2. The van der Waals surface area contributed by atoms with Gasteiger partial charge in [0, 0.05) is 31.0 Å². The molecule has 0 saturated carbocycles. The van der Waals surface area contributed by atoms with E-state index >= 15 is 0 Å². The number of aliphatic hydroxyl groups excluding tert-OH is 1. The highest BCUT2D eigenvalue weighted by Crippen LogP contribution is 2.28. The number of nitrogens with zero attached hydrogens (tertiary/aromatic N) is 4. The molecule has 10 heteroatoms. The normalized spacial score (nSPS) is 19.3. The molecule has 1 aliphatic heterocycles. The predicted octanol–water partition coefficient (Wildman–Crippen LogP) is 1.43. The van der Waals surface area contributed by atoms with Crippen LogP contribution in [0.25, 0.3) is 22.4 Å². The van der Waals surface area contributed by atoms with E-state index in [0.29, 0.717) is 37.6 Å². The second kappa shape index (κ2) is 9.60. The van der Waals surface area contributed by atoms with Crippen molar-refractivity contribution in [2.24, 2.45) is 0 Å². The first kappa shape index (κ1) is 22.1. The minimum Gasteiger partial charge on any atom is -0.480 e. The summed E-state index contributed by atoms with van der Waals surface area (Å²) in [6.07, 6.45) is 1.86. The Kier molecular flexibility index (Phi) is 6.63. The summed E-state index contributed by atoms with van der Waals surface area (Å²) in [6.45, 7) is 5.24. The van der Waals surface area contributed by atoms with Crippen molar-refractivity contribution in [3.63, 3.8) is 0 Å². The molecule has 32 heavy (non-hydrogen) atoms. The van der Waals surface area contributed by atoms with Crippen molar-refractivity contribution < 1.29 is 19.7 Å². The molecule has 0 amide bonds. The van der Waals surface area contributed by atoms with Gasteiger partial charge in [0.25, 0.3) is 0 Å². The lowest BCUT2D eigenvalue weighted by molar-refractivity contribution is -0.139. The number of fused-ring (bicyclic) bond motifs is 1. The number of aliphatic hydroxyl groups is 1. The summed E-state index contributed by atoms with van der Waals surface area (Å²) in [7, 11) is 0. The third-order valence-corrected chi connectivity index (χ3v) is 5.63. The number of rotatable bonds is 9. The predicted molar refractivity (Wildman–Crippen MR) is 119 cm³/mol. The molecule has 4 N–H and O–H groups in total. The molecule has 3 atom stereocenters. The molecule has 3 aromatic heterocycles. The standard InChI is InChI=1S/C22H28N6O4/c1-3-32-15(12-29)11-28-13(2)25-21-20(28)16(7-8-23-21)17-5-4-6-19(27-17)26-14-9-18(22(30)31)24-10-14/h4-8,14-15,18,24,29H,3,9-12H2,1-2H3,(H,26,27)(H,30,31)/t14-,15?,18?/m0/s1. The van der Waals surface area contributed by atoms with Crippen LogP contribution in [0.3, 0.4) is 0 Å². The maximum absolute atomic E-state index is 11.2. The number of hydrogen-bond donors (Lipinski definition) is 4. The number of aryl methyl sites for hydroxylation is 1. The number of nitrogens with one attached hydrogen (secondary N) is 2. The van der Waals surface area contributed by atoms with Gasteiger partial charge in [-0.05, 0) is 38.5 Å². The van der Waals surface area contributed by atoms with Gasteiger partial charge >= 0.3 is 5.97 Å². The van der Waals surface area contributed by atoms with Gasteiger partial charge in [0.05, 0.1) is 30.5 Å². The molecule has 4 heterocycles. The van der Waals surface area contributed by atoms with E-state index in [9.17, 15) is 15.0 Å². The summed E-state index contributed by atoms with van der Waals surface area (Å²) in [5.74, 6) is 0.617. The molecule has 0 aliphatic carbocycles. The van der Waals surface area contributed by atoms with Crippen LogP contribution in [0.5, 0.6) is 0 Å². The number of aromatic nitrogens is 4. The second-order valence-corrected chi connectivity index (χ2v) is 7.84. The van der Waals surface area contributed by atoms with Crippen molar-refractivity contribution in [2.75, 3.05) is 25.1 Å². The van der Waals surface area contributed by atoms with Crippen LogP contribution in [-0.4, -0.2) is 73.6 Å². The SMILES string of the molecule is CCOC(CO)Cn1c(C)nc2nccc(-c3cccc(N[C@@H]4CNC(C(=O)O)C4)n3)c21. The minimum atomic E-state index is -0.841. The van der Waals surface area contributed by atoms with Crippen LogP contribution in [0, 0.1) is 6.92 Å². The van der Waals surface area contributed by atoms with Gasteiger partial charge in [-0.15, -0.1) is 0 Å².